The Kier molecular flexibility index (Phi) is 3.76. The first-order chi connectivity index (χ1) is 11.2. The minimum absolute atomic E-state index is 0.729. The van der Waals surface area contributed by atoms with E-state index < -0.39 is 0 Å². The van der Waals surface area contributed by atoms with E-state index in [4.69, 9.17) is 27.6 Å². The van der Waals surface area contributed by atoms with E-state index in [0.717, 1.165) is 45.5 Å². The van der Waals surface area contributed by atoms with Crippen molar-refractivity contribution in [2.24, 2.45) is 0 Å². The highest BCUT2D eigenvalue weighted by molar-refractivity contribution is 6.30. The summed E-state index contributed by atoms with van der Waals surface area (Å²) >= 11 is 12.0. The molecule has 1 heterocycles. The molecule has 3 heteroatoms. The third-order valence-electron chi connectivity index (χ3n) is 4.14. The molecule has 0 saturated carbocycles. The van der Waals surface area contributed by atoms with Crippen molar-refractivity contribution in [3.05, 3.63) is 81.9 Å². The number of benzene rings is 2. The number of rotatable bonds is 2. The Morgan fingerprint density at radius 2 is 1.00 bits per heavy atom. The van der Waals surface area contributed by atoms with Gasteiger partial charge in [0.25, 0.3) is 0 Å². The van der Waals surface area contributed by atoms with Gasteiger partial charge < -0.3 is 4.42 Å². The molecular weight excluding hydrogens is 327 g/mol. The van der Waals surface area contributed by atoms with Gasteiger partial charge in [-0.2, -0.15) is 0 Å². The SMILES string of the molecule is Clc1ccc(-c2oc(-c3ccc(Cl)cc3)c3c2CC=CC3)cc1. The van der Waals surface area contributed by atoms with Gasteiger partial charge in [0.1, 0.15) is 11.5 Å². The summed E-state index contributed by atoms with van der Waals surface area (Å²) in [4.78, 5) is 0. The highest BCUT2D eigenvalue weighted by Gasteiger charge is 2.22. The lowest BCUT2D eigenvalue weighted by atomic mass is 9.93. The minimum atomic E-state index is 0.729. The molecule has 0 bridgehead atoms. The summed E-state index contributed by atoms with van der Waals surface area (Å²) in [6.07, 6.45) is 6.18. The maximum Gasteiger partial charge on any atom is 0.138 e. The average Bonchev–Trinajstić information content (AvgIpc) is 2.96. The van der Waals surface area contributed by atoms with Crippen molar-refractivity contribution in [1.29, 1.82) is 0 Å². The number of fused-ring (bicyclic) bond motifs is 1. The van der Waals surface area contributed by atoms with Crippen LogP contribution >= 0.6 is 23.2 Å². The van der Waals surface area contributed by atoms with Crippen LogP contribution in [0.3, 0.4) is 0 Å². The third kappa shape index (κ3) is 2.71. The van der Waals surface area contributed by atoms with Gasteiger partial charge in [0.05, 0.1) is 0 Å². The predicted molar refractivity (Wildman–Crippen MR) is 96.1 cm³/mol. The van der Waals surface area contributed by atoms with Gasteiger partial charge in [-0.3, -0.25) is 0 Å². The fourth-order valence-electron chi connectivity index (χ4n) is 3.00. The first-order valence-electron chi connectivity index (χ1n) is 7.54. The molecule has 23 heavy (non-hydrogen) atoms. The summed E-state index contributed by atoms with van der Waals surface area (Å²) in [6, 6.07) is 15.6. The molecule has 0 N–H and O–H groups in total. The van der Waals surface area contributed by atoms with Crippen LogP contribution in [0.1, 0.15) is 11.1 Å². The van der Waals surface area contributed by atoms with Crippen molar-refractivity contribution in [3.63, 3.8) is 0 Å². The van der Waals surface area contributed by atoms with Crippen LogP contribution in [0, 0.1) is 0 Å². The lowest BCUT2D eigenvalue weighted by Gasteiger charge is -2.07. The number of halogens is 2. The van der Waals surface area contributed by atoms with Crippen LogP contribution < -0.4 is 0 Å². The number of furan rings is 1. The van der Waals surface area contributed by atoms with Gasteiger partial charge in [0.15, 0.2) is 0 Å². The molecule has 0 unspecified atom stereocenters. The molecule has 0 radical (unpaired) electrons. The van der Waals surface area contributed by atoms with Gasteiger partial charge in [-0.25, -0.2) is 0 Å². The van der Waals surface area contributed by atoms with E-state index >= 15 is 0 Å². The van der Waals surface area contributed by atoms with Crippen LogP contribution in [0.5, 0.6) is 0 Å². The number of hydrogen-bond donors (Lipinski definition) is 0. The van der Waals surface area contributed by atoms with Gasteiger partial charge in [0, 0.05) is 32.3 Å². The third-order valence-corrected chi connectivity index (χ3v) is 4.64. The van der Waals surface area contributed by atoms with Crippen molar-refractivity contribution >= 4 is 23.2 Å². The minimum Gasteiger partial charge on any atom is -0.455 e. The van der Waals surface area contributed by atoms with E-state index in [9.17, 15) is 0 Å². The Hall–Kier alpha value is -1.96. The molecule has 0 atom stereocenters. The largest absolute Gasteiger partial charge is 0.455 e. The molecule has 0 spiro atoms. The molecule has 1 aliphatic carbocycles. The molecule has 1 aliphatic rings. The Labute approximate surface area is 145 Å². The second-order valence-corrected chi connectivity index (χ2v) is 6.48. The average molecular weight is 341 g/mol. The molecule has 0 aliphatic heterocycles. The normalized spacial score (nSPS) is 13.1. The van der Waals surface area contributed by atoms with E-state index in [1.165, 1.54) is 11.1 Å². The quantitative estimate of drug-likeness (QED) is 0.480. The lowest BCUT2D eigenvalue weighted by Crippen LogP contribution is -1.96. The second-order valence-electron chi connectivity index (χ2n) is 5.61. The van der Waals surface area contributed by atoms with Crippen molar-refractivity contribution in [2.45, 2.75) is 12.8 Å². The van der Waals surface area contributed by atoms with Crippen LogP contribution in [0.15, 0.2) is 65.1 Å². The van der Waals surface area contributed by atoms with E-state index in [-0.39, 0.29) is 0 Å². The smallest absolute Gasteiger partial charge is 0.138 e. The van der Waals surface area contributed by atoms with Crippen molar-refractivity contribution < 1.29 is 4.42 Å². The number of allylic oxidation sites excluding steroid dienone is 2. The molecule has 1 nitrogen and oxygen atoms in total. The zero-order chi connectivity index (χ0) is 15.8. The van der Waals surface area contributed by atoms with Crippen LogP contribution in [0.2, 0.25) is 10.0 Å². The molecule has 1 aromatic heterocycles. The maximum absolute atomic E-state index is 6.29. The summed E-state index contributed by atoms with van der Waals surface area (Å²) in [5, 5.41) is 1.46. The summed E-state index contributed by atoms with van der Waals surface area (Å²) in [7, 11) is 0. The molecule has 0 fully saturated rings. The Bertz CT molecular complexity index is 799. The molecule has 3 aromatic rings. The number of hydrogen-bond acceptors (Lipinski definition) is 1. The molecule has 0 amide bonds. The lowest BCUT2D eigenvalue weighted by molar-refractivity contribution is 0.593. The maximum atomic E-state index is 6.29. The zero-order valence-corrected chi connectivity index (χ0v) is 13.9. The highest BCUT2D eigenvalue weighted by atomic mass is 35.5. The summed E-state index contributed by atoms with van der Waals surface area (Å²) < 4.78 is 6.29. The van der Waals surface area contributed by atoms with Gasteiger partial charge >= 0.3 is 0 Å². The fourth-order valence-corrected chi connectivity index (χ4v) is 3.25. The van der Waals surface area contributed by atoms with E-state index in [1.54, 1.807) is 0 Å². The first-order valence-corrected chi connectivity index (χ1v) is 8.29. The topological polar surface area (TPSA) is 13.1 Å². The molecule has 0 saturated heterocycles. The summed E-state index contributed by atoms with van der Waals surface area (Å²) in [5.74, 6) is 1.87. The Balaban J connectivity index is 1.88. The van der Waals surface area contributed by atoms with Gasteiger partial charge in [-0.05, 0) is 61.4 Å². The van der Waals surface area contributed by atoms with E-state index in [1.807, 2.05) is 48.5 Å². The van der Waals surface area contributed by atoms with Crippen LogP contribution in [-0.2, 0) is 12.8 Å². The van der Waals surface area contributed by atoms with Gasteiger partial charge in [-0.15, -0.1) is 0 Å². The van der Waals surface area contributed by atoms with Crippen molar-refractivity contribution in [1.82, 2.24) is 0 Å². The van der Waals surface area contributed by atoms with Crippen molar-refractivity contribution in [3.8, 4) is 22.6 Å². The molecule has 4 rings (SSSR count). The molecular formula is C20H14Cl2O. The molecule has 114 valence electrons. The Morgan fingerprint density at radius 1 is 0.609 bits per heavy atom. The second kappa shape index (κ2) is 5.92. The van der Waals surface area contributed by atoms with Crippen LogP contribution in [0.4, 0.5) is 0 Å². The van der Waals surface area contributed by atoms with Crippen LogP contribution in [-0.4, -0.2) is 0 Å². The molecule has 2 aromatic carbocycles. The van der Waals surface area contributed by atoms with E-state index in [0.29, 0.717) is 0 Å². The summed E-state index contributed by atoms with van der Waals surface area (Å²) in [6.45, 7) is 0. The van der Waals surface area contributed by atoms with Crippen molar-refractivity contribution in [2.75, 3.05) is 0 Å². The van der Waals surface area contributed by atoms with E-state index in [2.05, 4.69) is 12.2 Å². The Morgan fingerprint density at radius 3 is 1.39 bits per heavy atom. The zero-order valence-electron chi connectivity index (χ0n) is 12.4. The standard InChI is InChI=1S/C20H14Cl2O/c21-15-9-5-13(6-10-15)19-17-3-1-2-4-18(17)20(23-19)14-7-11-16(22)12-8-14/h1-2,5-12H,3-4H2. The fraction of sp³-hybridized carbons (Fsp3) is 0.100. The van der Waals surface area contributed by atoms with Gasteiger partial charge in [0.2, 0.25) is 0 Å². The predicted octanol–water partition coefficient (Wildman–Crippen LogP) is 6.58. The first kappa shape index (κ1) is 14.6. The summed E-state index contributed by atoms with van der Waals surface area (Å²) in [5.41, 5.74) is 4.64. The van der Waals surface area contributed by atoms with Crippen LogP contribution in [0.25, 0.3) is 22.6 Å². The van der Waals surface area contributed by atoms with Gasteiger partial charge in [-0.1, -0.05) is 35.4 Å². The highest BCUT2D eigenvalue weighted by Crippen LogP contribution is 2.40. The monoisotopic (exact) mass is 340 g/mol.